The number of fused-ring (bicyclic) bond motifs is 3. The summed E-state index contributed by atoms with van der Waals surface area (Å²) in [7, 11) is 1.69. The number of nitrogens with one attached hydrogen (secondary N) is 1. The van der Waals surface area contributed by atoms with E-state index in [1.165, 1.54) is 12.0 Å². The number of hydrogen-bond acceptors (Lipinski definition) is 6. The Bertz CT molecular complexity index is 1630. The van der Waals surface area contributed by atoms with Crippen LogP contribution in [0.3, 0.4) is 0 Å². The number of ether oxygens (including phenoxy) is 1. The van der Waals surface area contributed by atoms with Crippen molar-refractivity contribution in [2.24, 2.45) is 0 Å². The molecule has 9 heteroatoms. The fourth-order valence-electron chi connectivity index (χ4n) is 6.12. The maximum absolute atomic E-state index is 13.3. The average molecular weight is 520 g/mol. The van der Waals surface area contributed by atoms with Gasteiger partial charge in [-0.05, 0) is 73.4 Å². The van der Waals surface area contributed by atoms with E-state index in [1.54, 1.807) is 28.9 Å². The molecule has 2 fully saturated rings. The number of aromatic nitrogens is 5. The third-order valence-electron chi connectivity index (χ3n) is 8.03. The highest BCUT2D eigenvalue weighted by atomic mass is 16.5. The van der Waals surface area contributed by atoms with Gasteiger partial charge in [-0.25, -0.2) is 14.3 Å². The van der Waals surface area contributed by atoms with Crippen LogP contribution in [0.25, 0.3) is 22.5 Å². The largest absolute Gasteiger partial charge is 0.497 e. The number of pyridine rings is 1. The molecule has 9 nitrogen and oxygen atoms in total. The van der Waals surface area contributed by atoms with Crippen molar-refractivity contribution in [3.05, 3.63) is 96.4 Å². The van der Waals surface area contributed by atoms with Crippen LogP contribution in [0.5, 0.6) is 5.75 Å². The maximum atomic E-state index is 13.3. The molecule has 39 heavy (non-hydrogen) atoms. The van der Waals surface area contributed by atoms with Gasteiger partial charge in [-0.15, -0.1) is 0 Å². The highest BCUT2D eigenvalue weighted by Gasteiger charge is 2.46. The molecule has 196 valence electrons. The summed E-state index contributed by atoms with van der Waals surface area (Å²) in [6, 6.07) is 22.6. The van der Waals surface area contributed by atoms with Crippen LogP contribution in [0, 0.1) is 0 Å². The second kappa shape index (κ2) is 9.67. The number of hydrogen-bond donors (Lipinski definition) is 1. The van der Waals surface area contributed by atoms with Crippen LogP contribution in [0.15, 0.2) is 85.3 Å². The predicted molar refractivity (Wildman–Crippen MR) is 147 cm³/mol. The lowest BCUT2D eigenvalue weighted by Crippen LogP contribution is -2.43. The molecule has 0 spiro atoms. The maximum Gasteiger partial charge on any atom is 0.251 e. The molecular weight excluding hydrogens is 490 g/mol. The molecule has 0 saturated carbocycles. The quantitative estimate of drug-likeness (QED) is 0.348. The molecule has 2 aliphatic heterocycles. The summed E-state index contributed by atoms with van der Waals surface area (Å²) in [6.45, 7) is 0.895. The zero-order valence-electron chi connectivity index (χ0n) is 21.6. The topological polar surface area (TPSA) is 90.1 Å². The molecule has 0 aliphatic carbocycles. The van der Waals surface area contributed by atoms with Crippen molar-refractivity contribution >= 4 is 16.8 Å². The predicted octanol–water partition coefficient (Wildman–Crippen LogP) is 4.15. The van der Waals surface area contributed by atoms with Gasteiger partial charge in [0.1, 0.15) is 5.75 Å². The minimum absolute atomic E-state index is 0.0367. The van der Waals surface area contributed by atoms with Crippen LogP contribution in [-0.4, -0.2) is 60.6 Å². The fraction of sp³-hybridized carbons (Fsp3) is 0.267. The van der Waals surface area contributed by atoms with Crippen LogP contribution >= 0.6 is 0 Å². The second-order valence-electron chi connectivity index (χ2n) is 10.3. The van der Waals surface area contributed by atoms with E-state index in [0.717, 1.165) is 36.0 Å². The molecule has 2 bridgehead atoms. The van der Waals surface area contributed by atoms with Gasteiger partial charge in [-0.3, -0.25) is 9.69 Å². The lowest BCUT2D eigenvalue weighted by atomic mass is 9.95. The van der Waals surface area contributed by atoms with Crippen molar-refractivity contribution in [1.82, 2.24) is 34.8 Å². The Labute approximate surface area is 226 Å². The molecule has 1 amide bonds. The van der Waals surface area contributed by atoms with Gasteiger partial charge in [0, 0.05) is 48.0 Å². The molecule has 5 aromatic rings. The number of carbonyl (C=O) groups excluding carboxylic acids is 1. The van der Waals surface area contributed by atoms with E-state index in [4.69, 9.17) is 9.72 Å². The normalized spacial score (nSPS) is 20.5. The Hall–Kier alpha value is -4.50. The van der Waals surface area contributed by atoms with Crippen LogP contribution in [0.2, 0.25) is 0 Å². The second-order valence-corrected chi connectivity index (χ2v) is 10.3. The molecule has 3 aromatic heterocycles. The van der Waals surface area contributed by atoms with Crippen molar-refractivity contribution in [3.8, 4) is 17.4 Å². The lowest BCUT2D eigenvalue weighted by Gasteiger charge is -2.25. The van der Waals surface area contributed by atoms with E-state index in [-0.39, 0.29) is 11.9 Å². The number of methoxy groups -OCH3 is 1. The van der Waals surface area contributed by atoms with Gasteiger partial charge >= 0.3 is 0 Å². The first-order valence-electron chi connectivity index (χ1n) is 13.3. The summed E-state index contributed by atoms with van der Waals surface area (Å²) in [4.78, 5) is 20.6. The molecule has 1 N–H and O–H groups in total. The summed E-state index contributed by atoms with van der Waals surface area (Å²) >= 11 is 0. The summed E-state index contributed by atoms with van der Waals surface area (Å²) in [5.41, 5.74) is 2.80. The molecule has 2 saturated heterocycles. The van der Waals surface area contributed by atoms with E-state index in [2.05, 4.69) is 32.5 Å². The lowest BCUT2D eigenvalue weighted by molar-refractivity contribution is 0.0925. The third-order valence-corrected chi connectivity index (χ3v) is 8.03. The Morgan fingerprint density at radius 2 is 1.90 bits per heavy atom. The van der Waals surface area contributed by atoms with Crippen molar-refractivity contribution in [1.29, 1.82) is 0 Å². The zero-order chi connectivity index (χ0) is 26.3. The SMILES string of the molecule is COc1ccc(CN2[C@H]3CC[C@@H]2[C@H](NC(=O)c2ccc4c(cnn4-c4cccc(-n5cccn5)n4)c2)C3)cc1. The number of carbonyl (C=O) groups is 1. The van der Waals surface area contributed by atoms with Gasteiger partial charge in [-0.2, -0.15) is 10.2 Å². The molecule has 3 atom stereocenters. The first-order chi connectivity index (χ1) is 19.2. The monoisotopic (exact) mass is 519 g/mol. The highest BCUT2D eigenvalue weighted by Crippen LogP contribution is 2.39. The van der Waals surface area contributed by atoms with Crippen molar-refractivity contribution in [2.45, 2.75) is 43.9 Å². The molecule has 0 unspecified atom stereocenters. The number of rotatable bonds is 7. The van der Waals surface area contributed by atoms with Gasteiger partial charge in [-0.1, -0.05) is 18.2 Å². The van der Waals surface area contributed by atoms with Gasteiger partial charge in [0.2, 0.25) is 0 Å². The van der Waals surface area contributed by atoms with Crippen LogP contribution in [0.4, 0.5) is 0 Å². The van der Waals surface area contributed by atoms with Gasteiger partial charge in [0.15, 0.2) is 11.6 Å². The van der Waals surface area contributed by atoms with E-state index in [9.17, 15) is 4.79 Å². The average Bonchev–Trinajstić information content (AvgIpc) is 3.78. The molecule has 0 radical (unpaired) electrons. The number of nitrogens with zero attached hydrogens (tertiary/aromatic N) is 6. The Kier molecular flexibility index (Phi) is 5.85. The molecule has 5 heterocycles. The van der Waals surface area contributed by atoms with Gasteiger partial charge in [0.05, 0.1) is 18.8 Å². The Balaban J connectivity index is 1.06. The number of amides is 1. The summed E-state index contributed by atoms with van der Waals surface area (Å²) in [6.07, 6.45) is 8.65. The third kappa shape index (κ3) is 4.34. The van der Waals surface area contributed by atoms with Crippen molar-refractivity contribution < 1.29 is 9.53 Å². The Morgan fingerprint density at radius 3 is 2.72 bits per heavy atom. The first-order valence-corrected chi connectivity index (χ1v) is 13.3. The van der Waals surface area contributed by atoms with E-state index in [1.807, 2.05) is 60.8 Å². The molecule has 2 aromatic carbocycles. The van der Waals surface area contributed by atoms with Gasteiger partial charge in [0.25, 0.3) is 5.91 Å². The van der Waals surface area contributed by atoms with Crippen molar-refractivity contribution in [3.63, 3.8) is 0 Å². The van der Waals surface area contributed by atoms with Crippen LogP contribution < -0.4 is 10.1 Å². The molecule has 7 rings (SSSR count). The number of benzene rings is 2. The Morgan fingerprint density at radius 1 is 1.03 bits per heavy atom. The van der Waals surface area contributed by atoms with Crippen molar-refractivity contribution in [2.75, 3.05) is 7.11 Å². The van der Waals surface area contributed by atoms with Crippen LogP contribution in [0.1, 0.15) is 35.2 Å². The summed E-state index contributed by atoms with van der Waals surface area (Å²) in [5.74, 6) is 2.23. The summed E-state index contributed by atoms with van der Waals surface area (Å²) in [5, 5.41) is 13.1. The fourth-order valence-corrected chi connectivity index (χ4v) is 6.12. The standard InChI is InChI=1S/C30H29N7O2/c1-39-24-10-6-20(7-11-24)19-35-23-9-13-27(35)25(17-23)33-30(38)21-8-12-26-22(16-21)18-32-37(26)29-5-2-4-28(34-29)36-15-3-14-31-36/h2-8,10-12,14-16,18,23,25,27H,9,13,17,19H2,1H3,(H,33,38)/t23-,25+,27+/m0/s1. The first kappa shape index (κ1) is 23.6. The van der Waals surface area contributed by atoms with E-state index >= 15 is 0 Å². The van der Waals surface area contributed by atoms with Gasteiger partial charge < -0.3 is 10.1 Å². The molecular formula is C30H29N7O2. The zero-order valence-corrected chi connectivity index (χ0v) is 21.6. The van der Waals surface area contributed by atoms with E-state index in [0.29, 0.717) is 29.3 Å². The van der Waals surface area contributed by atoms with Crippen LogP contribution in [-0.2, 0) is 6.54 Å². The molecule has 2 aliphatic rings. The smallest absolute Gasteiger partial charge is 0.251 e. The minimum atomic E-state index is -0.0367. The highest BCUT2D eigenvalue weighted by molar-refractivity contribution is 5.98. The van der Waals surface area contributed by atoms with E-state index < -0.39 is 0 Å². The minimum Gasteiger partial charge on any atom is -0.497 e. The summed E-state index contributed by atoms with van der Waals surface area (Å²) < 4.78 is 8.80.